The van der Waals surface area contributed by atoms with Crippen LogP contribution in [0.25, 0.3) is 0 Å². The molecule has 0 radical (unpaired) electrons. The minimum Gasteiger partial charge on any atom is -0.481 e. The van der Waals surface area contributed by atoms with Crippen LogP contribution in [0.2, 0.25) is 0 Å². The van der Waals surface area contributed by atoms with E-state index < -0.39 is 28.2 Å². The third-order valence-corrected chi connectivity index (χ3v) is 15.2. The van der Waals surface area contributed by atoms with E-state index >= 15 is 0 Å². The van der Waals surface area contributed by atoms with Crippen LogP contribution >= 0.6 is 0 Å². The van der Waals surface area contributed by atoms with E-state index in [0.29, 0.717) is 43.2 Å². The number of rotatable bonds is 21. The molecule has 4 rings (SSSR count). The zero-order valence-corrected chi connectivity index (χ0v) is 37.8. The number of carbonyl (C=O) groups excluding carboxylic acids is 1. The van der Waals surface area contributed by atoms with Crippen molar-refractivity contribution in [2.45, 2.75) is 209 Å². The fourth-order valence-corrected chi connectivity index (χ4v) is 12.2. The molecule has 3 saturated carbocycles. The number of ether oxygens (including phenoxy) is 3. The maximum absolute atomic E-state index is 13.5. The number of carbonyl (C=O) groups is 2. The molecule has 0 aliphatic heterocycles. The van der Waals surface area contributed by atoms with Gasteiger partial charge < -0.3 is 24.6 Å². The Kier molecular flexibility index (Phi) is 15.3. The van der Waals surface area contributed by atoms with Crippen LogP contribution in [0.3, 0.4) is 0 Å². The Balaban J connectivity index is 1.25. The number of hydrogen-bond donors (Lipinski definition) is 2. The summed E-state index contributed by atoms with van der Waals surface area (Å²) in [7, 11) is 0. The molecular formula is C48H85NO6. The van der Waals surface area contributed by atoms with Gasteiger partial charge in [-0.15, -0.1) is 0 Å². The molecule has 2 N–H and O–H groups in total. The number of aliphatic carboxylic acids is 1. The van der Waals surface area contributed by atoms with Crippen molar-refractivity contribution in [3.05, 3.63) is 11.6 Å². The molecule has 0 saturated heterocycles. The Morgan fingerprint density at radius 2 is 1.53 bits per heavy atom. The Labute approximate surface area is 337 Å². The SMILES string of the molecule is CC(C)CCC[C@@H](C)[C@H]1CCC2C3CC=C4C[C@@H](OC(C)(C)CC(C)(C)C(=O)NCCC(C)(C)OCCC(C)(C)OCCC(=O)O)CC[C@]4(C)C3CC[C@@]21C. The lowest BCUT2D eigenvalue weighted by molar-refractivity contribution is -0.141. The van der Waals surface area contributed by atoms with E-state index in [1.54, 1.807) is 5.57 Å². The molecule has 0 heterocycles. The van der Waals surface area contributed by atoms with Crippen LogP contribution in [0.15, 0.2) is 11.6 Å². The Bertz CT molecular complexity index is 1310. The minimum atomic E-state index is -0.859. The summed E-state index contributed by atoms with van der Waals surface area (Å²) >= 11 is 0. The van der Waals surface area contributed by atoms with Gasteiger partial charge >= 0.3 is 5.97 Å². The summed E-state index contributed by atoms with van der Waals surface area (Å²) in [6.45, 7) is 30.3. The van der Waals surface area contributed by atoms with Crippen molar-refractivity contribution in [1.29, 1.82) is 0 Å². The third-order valence-electron chi connectivity index (χ3n) is 15.2. The first-order valence-electron chi connectivity index (χ1n) is 22.6. The highest BCUT2D eigenvalue weighted by atomic mass is 16.5. The molecule has 7 nitrogen and oxygen atoms in total. The van der Waals surface area contributed by atoms with Crippen LogP contribution in [0.5, 0.6) is 0 Å². The van der Waals surface area contributed by atoms with Crippen LogP contribution in [0.1, 0.15) is 186 Å². The second-order valence-electron chi connectivity index (χ2n) is 22.2. The van der Waals surface area contributed by atoms with E-state index in [0.717, 1.165) is 48.3 Å². The van der Waals surface area contributed by atoms with Crippen molar-refractivity contribution in [3.63, 3.8) is 0 Å². The van der Waals surface area contributed by atoms with E-state index in [4.69, 9.17) is 19.3 Å². The van der Waals surface area contributed by atoms with Crippen molar-refractivity contribution < 1.29 is 28.9 Å². The number of carboxylic acid groups (broad SMARTS) is 1. The zero-order valence-electron chi connectivity index (χ0n) is 37.8. The van der Waals surface area contributed by atoms with Gasteiger partial charge in [-0.3, -0.25) is 9.59 Å². The lowest BCUT2D eigenvalue weighted by atomic mass is 9.47. The first-order chi connectivity index (χ1) is 25.4. The normalized spacial score (nSPS) is 30.7. The molecule has 3 unspecified atom stereocenters. The summed E-state index contributed by atoms with van der Waals surface area (Å²) in [6, 6.07) is 0. The predicted molar refractivity (Wildman–Crippen MR) is 225 cm³/mol. The standard InChI is InChI=1S/C48H85NO6/c1-33(2)15-14-16-34(3)38-19-20-39-37-18-17-35-31-36(21-24-47(35,12)40(37)22-25-48(38,39)13)55-46(10,11)32-43(4,5)42(52)49-28-26-44(6,7)54-30-27-45(8,9)53-29-23-41(50)51/h17,33-34,36-40H,14-16,18-32H2,1-13H3,(H,49,52)(H,50,51)/t34-,36+,37?,38-,39?,40?,47+,48-/m1/s1. The average Bonchev–Trinajstić information content (AvgIpc) is 3.40. The minimum absolute atomic E-state index is 0.00683. The maximum atomic E-state index is 13.5. The summed E-state index contributed by atoms with van der Waals surface area (Å²) in [5.74, 6) is 4.29. The number of fused-ring (bicyclic) bond motifs is 5. The average molecular weight is 772 g/mol. The summed E-state index contributed by atoms with van der Waals surface area (Å²) in [5.41, 5.74) is 0.613. The number of nitrogens with one attached hydrogen (secondary N) is 1. The van der Waals surface area contributed by atoms with Gasteiger partial charge in [-0.05, 0) is 159 Å². The third kappa shape index (κ3) is 12.1. The smallest absolute Gasteiger partial charge is 0.305 e. The first-order valence-corrected chi connectivity index (χ1v) is 22.6. The number of allylic oxidation sites excluding steroid dienone is 1. The van der Waals surface area contributed by atoms with E-state index in [1.807, 2.05) is 41.5 Å². The molecule has 318 valence electrons. The Morgan fingerprint density at radius 3 is 2.20 bits per heavy atom. The van der Waals surface area contributed by atoms with Crippen LogP contribution in [0, 0.1) is 51.8 Å². The predicted octanol–water partition coefficient (Wildman–Crippen LogP) is 11.6. The summed E-state index contributed by atoms with van der Waals surface area (Å²) in [5, 5.41) is 12.1. The van der Waals surface area contributed by atoms with Crippen molar-refractivity contribution in [3.8, 4) is 0 Å². The van der Waals surface area contributed by atoms with E-state index in [9.17, 15) is 9.59 Å². The number of carboxylic acids is 1. The first kappa shape index (κ1) is 46.3. The van der Waals surface area contributed by atoms with Gasteiger partial charge in [-0.2, -0.15) is 0 Å². The fourth-order valence-electron chi connectivity index (χ4n) is 12.2. The van der Waals surface area contributed by atoms with Gasteiger partial charge in [0.15, 0.2) is 0 Å². The molecule has 0 spiro atoms. The van der Waals surface area contributed by atoms with Gasteiger partial charge in [0.25, 0.3) is 0 Å². The molecule has 4 aliphatic carbocycles. The van der Waals surface area contributed by atoms with Gasteiger partial charge in [0.2, 0.25) is 5.91 Å². The van der Waals surface area contributed by atoms with Gasteiger partial charge in [0.05, 0.1) is 42.5 Å². The highest BCUT2D eigenvalue weighted by Crippen LogP contribution is 2.67. The van der Waals surface area contributed by atoms with Crippen molar-refractivity contribution >= 4 is 11.9 Å². The molecular weight excluding hydrogens is 687 g/mol. The summed E-state index contributed by atoms with van der Waals surface area (Å²) < 4.78 is 18.9. The molecule has 0 aromatic rings. The summed E-state index contributed by atoms with van der Waals surface area (Å²) in [4.78, 5) is 24.3. The van der Waals surface area contributed by atoms with E-state index in [-0.39, 0.29) is 25.0 Å². The van der Waals surface area contributed by atoms with Crippen LogP contribution < -0.4 is 5.32 Å². The second-order valence-corrected chi connectivity index (χ2v) is 22.2. The van der Waals surface area contributed by atoms with Crippen LogP contribution in [-0.2, 0) is 23.8 Å². The topological polar surface area (TPSA) is 94.1 Å². The zero-order chi connectivity index (χ0) is 41.0. The molecule has 55 heavy (non-hydrogen) atoms. The molecule has 1 amide bonds. The molecule has 0 aromatic heterocycles. The highest BCUT2D eigenvalue weighted by Gasteiger charge is 2.59. The lowest BCUT2D eigenvalue weighted by Gasteiger charge is -2.58. The molecule has 4 aliphatic rings. The molecule has 7 heteroatoms. The lowest BCUT2D eigenvalue weighted by Crippen LogP contribution is -2.51. The number of amides is 1. The molecule has 0 aromatic carbocycles. The van der Waals surface area contributed by atoms with E-state index in [1.165, 1.54) is 57.8 Å². The quantitative estimate of drug-likeness (QED) is 0.113. The van der Waals surface area contributed by atoms with Crippen LogP contribution in [-0.4, -0.2) is 59.6 Å². The van der Waals surface area contributed by atoms with Crippen LogP contribution in [0.4, 0.5) is 0 Å². The monoisotopic (exact) mass is 772 g/mol. The second kappa shape index (κ2) is 18.2. The Morgan fingerprint density at radius 1 is 0.855 bits per heavy atom. The highest BCUT2D eigenvalue weighted by molar-refractivity contribution is 5.81. The van der Waals surface area contributed by atoms with E-state index in [2.05, 4.69) is 59.9 Å². The van der Waals surface area contributed by atoms with Crippen molar-refractivity contribution in [2.75, 3.05) is 19.8 Å². The summed E-state index contributed by atoms with van der Waals surface area (Å²) in [6.07, 6.45) is 19.4. The fraction of sp³-hybridized carbons (Fsp3) is 0.917. The largest absolute Gasteiger partial charge is 0.481 e. The van der Waals surface area contributed by atoms with Crippen molar-refractivity contribution in [2.24, 2.45) is 51.8 Å². The molecule has 3 fully saturated rings. The van der Waals surface area contributed by atoms with Gasteiger partial charge in [-0.1, -0.05) is 79.4 Å². The maximum Gasteiger partial charge on any atom is 0.305 e. The molecule has 8 atom stereocenters. The Hall–Kier alpha value is -1.44. The number of hydrogen-bond acceptors (Lipinski definition) is 5. The molecule has 0 bridgehead atoms. The van der Waals surface area contributed by atoms with Gasteiger partial charge in [0.1, 0.15) is 0 Å². The van der Waals surface area contributed by atoms with Gasteiger partial charge in [-0.25, -0.2) is 0 Å². The van der Waals surface area contributed by atoms with Gasteiger partial charge in [0, 0.05) is 12.0 Å². The van der Waals surface area contributed by atoms with Crippen molar-refractivity contribution in [1.82, 2.24) is 5.32 Å².